The number of aryl methyl sites for hydroxylation is 2. The number of nitrogens with zero attached hydrogens (tertiary/aromatic N) is 2. The Labute approximate surface area is 178 Å². The van der Waals surface area contributed by atoms with E-state index in [1.165, 1.54) is 37.0 Å². The van der Waals surface area contributed by atoms with Gasteiger partial charge in [0.2, 0.25) is 5.71 Å². The van der Waals surface area contributed by atoms with Gasteiger partial charge in [-0.25, -0.2) is 19.0 Å². The van der Waals surface area contributed by atoms with E-state index >= 15 is 0 Å². The first-order valence-electron chi connectivity index (χ1n) is 9.32. The van der Waals surface area contributed by atoms with E-state index in [0.717, 1.165) is 11.3 Å². The molecular weight excluding hydrogens is 427 g/mol. The molecule has 3 heterocycles. The van der Waals surface area contributed by atoms with E-state index in [1.54, 1.807) is 13.0 Å². The number of carbonyl (C=O) groups excluding carboxylic acids is 2. The van der Waals surface area contributed by atoms with Crippen LogP contribution in [0, 0.1) is 12.7 Å². The monoisotopic (exact) mass is 444 g/mol. The highest BCUT2D eigenvalue weighted by Crippen LogP contribution is 2.34. The molecule has 3 aromatic heterocycles. The molecule has 0 saturated carbocycles. The second-order valence-corrected chi connectivity index (χ2v) is 7.75. The predicted molar refractivity (Wildman–Crippen MR) is 111 cm³/mol. The minimum Gasteiger partial charge on any atom is -0.462 e. The van der Waals surface area contributed by atoms with Gasteiger partial charge in [0.25, 0.3) is 5.56 Å². The zero-order valence-electron chi connectivity index (χ0n) is 16.9. The van der Waals surface area contributed by atoms with E-state index in [9.17, 15) is 18.8 Å². The summed E-state index contributed by atoms with van der Waals surface area (Å²) in [6.07, 6.45) is 1.29. The van der Waals surface area contributed by atoms with Gasteiger partial charge in [-0.3, -0.25) is 4.79 Å². The Morgan fingerprint density at radius 3 is 2.74 bits per heavy atom. The Kier molecular flexibility index (Phi) is 5.32. The Bertz CT molecular complexity index is 1400. The van der Waals surface area contributed by atoms with Crippen molar-refractivity contribution in [3.63, 3.8) is 0 Å². The van der Waals surface area contributed by atoms with Crippen LogP contribution in [0.3, 0.4) is 0 Å². The lowest BCUT2D eigenvalue weighted by Gasteiger charge is -2.07. The highest BCUT2D eigenvalue weighted by molar-refractivity contribution is 7.21. The first kappa shape index (κ1) is 20.7. The molecule has 0 aliphatic carbocycles. The average Bonchev–Trinajstić information content (AvgIpc) is 3.28. The molecule has 0 aliphatic rings. The fraction of sp³-hybridized carbons (Fsp3) is 0.238. The zero-order valence-corrected chi connectivity index (χ0v) is 17.7. The Hall–Kier alpha value is -3.53. The predicted octanol–water partition coefficient (Wildman–Crippen LogP) is 3.72. The lowest BCUT2D eigenvalue weighted by molar-refractivity contribution is 0.0454. The minimum atomic E-state index is -0.841. The molecule has 10 heteroatoms. The zero-order chi connectivity index (χ0) is 22.3. The number of fused-ring (bicyclic) bond motifs is 2. The molecule has 0 fully saturated rings. The van der Waals surface area contributed by atoms with Crippen molar-refractivity contribution in [2.45, 2.75) is 20.5 Å². The number of halogens is 1. The van der Waals surface area contributed by atoms with Crippen molar-refractivity contribution in [1.82, 2.24) is 9.55 Å². The summed E-state index contributed by atoms with van der Waals surface area (Å²) < 4.78 is 32.2. The van der Waals surface area contributed by atoms with Gasteiger partial charge in [0.1, 0.15) is 40.3 Å². The third-order valence-electron chi connectivity index (χ3n) is 4.72. The van der Waals surface area contributed by atoms with Crippen molar-refractivity contribution in [2.24, 2.45) is 7.05 Å². The summed E-state index contributed by atoms with van der Waals surface area (Å²) in [5.74, 6) is -1.84. The lowest BCUT2D eigenvalue weighted by Crippen LogP contribution is -2.19. The van der Waals surface area contributed by atoms with Crippen molar-refractivity contribution in [1.29, 1.82) is 0 Å². The molecule has 0 bridgehead atoms. The quantitative estimate of drug-likeness (QED) is 0.433. The maximum atomic E-state index is 14.5. The topological polar surface area (TPSA) is 101 Å². The molecule has 0 amide bonds. The number of aromatic nitrogens is 2. The van der Waals surface area contributed by atoms with Gasteiger partial charge < -0.3 is 18.5 Å². The molecule has 4 rings (SSSR count). The third kappa shape index (κ3) is 3.48. The van der Waals surface area contributed by atoms with E-state index in [0.29, 0.717) is 4.70 Å². The van der Waals surface area contributed by atoms with E-state index < -0.39 is 23.3 Å². The standard InChI is InChI=1S/C21H17FN2O6S/c1-4-28-21(27)17-11(15-12(22)6-5-7-13(15)31-17)8-29-20(26)14-10(2)30-18-16(14)19(25)24(3)9-23-18/h5-7,9H,4,8H2,1-3H3. The Balaban J connectivity index is 1.74. The molecule has 31 heavy (non-hydrogen) atoms. The maximum absolute atomic E-state index is 14.5. The Morgan fingerprint density at radius 2 is 2.00 bits per heavy atom. The highest BCUT2D eigenvalue weighted by atomic mass is 32.1. The fourth-order valence-electron chi connectivity index (χ4n) is 3.31. The Morgan fingerprint density at radius 1 is 1.23 bits per heavy atom. The number of hydrogen-bond acceptors (Lipinski definition) is 8. The van der Waals surface area contributed by atoms with Gasteiger partial charge >= 0.3 is 11.9 Å². The second-order valence-electron chi connectivity index (χ2n) is 6.69. The van der Waals surface area contributed by atoms with Crippen LogP contribution in [0.4, 0.5) is 4.39 Å². The average molecular weight is 444 g/mol. The normalized spacial score (nSPS) is 11.2. The van der Waals surface area contributed by atoms with Crippen LogP contribution in [0.1, 0.15) is 38.3 Å². The van der Waals surface area contributed by atoms with Crippen LogP contribution in [0.2, 0.25) is 0 Å². The largest absolute Gasteiger partial charge is 0.462 e. The number of benzene rings is 1. The van der Waals surface area contributed by atoms with Crippen LogP contribution < -0.4 is 5.56 Å². The fourth-order valence-corrected chi connectivity index (χ4v) is 4.43. The summed E-state index contributed by atoms with van der Waals surface area (Å²) in [7, 11) is 1.50. The van der Waals surface area contributed by atoms with E-state index in [-0.39, 0.29) is 51.5 Å². The van der Waals surface area contributed by atoms with Crippen LogP contribution in [0.5, 0.6) is 0 Å². The molecule has 0 radical (unpaired) electrons. The van der Waals surface area contributed by atoms with Crippen LogP contribution in [-0.4, -0.2) is 28.1 Å². The molecule has 0 spiro atoms. The summed E-state index contributed by atoms with van der Waals surface area (Å²) in [6.45, 7) is 2.93. The molecule has 4 aromatic rings. The summed E-state index contributed by atoms with van der Waals surface area (Å²) in [5, 5.41) is 0.189. The van der Waals surface area contributed by atoms with Crippen molar-refractivity contribution in [3.8, 4) is 0 Å². The first-order valence-corrected chi connectivity index (χ1v) is 10.1. The maximum Gasteiger partial charge on any atom is 0.348 e. The van der Waals surface area contributed by atoms with Crippen molar-refractivity contribution < 1.29 is 27.9 Å². The number of carbonyl (C=O) groups is 2. The molecule has 8 nitrogen and oxygen atoms in total. The minimum absolute atomic E-state index is 0.000488. The highest BCUT2D eigenvalue weighted by Gasteiger charge is 2.26. The number of furan rings is 1. The lowest BCUT2D eigenvalue weighted by atomic mass is 10.1. The molecule has 0 unspecified atom stereocenters. The van der Waals surface area contributed by atoms with Gasteiger partial charge in [0, 0.05) is 22.7 Å². The van der Waals surface area contributed by atoms with Crippen LogP contribution in [0.15, 0.2) is 33.7 Å². The van der Waals surface area contributed by atoms with Gasteiger partial charge in [0.05, 0.1) is 6.61 Å². The molecule has 0 aliphatic heterocycles. The van der Waals surface area contributed by atoms with Crippen molar-refractivity contribution in [2.75, 3.05) is 6.61 Å². The number of ether oxygens (including phenoxy) is 2. The van der Waals surface area contributed by atoms with Crippen LogP contribution in [0.25, 0.3) is 21.2 Å². The van der Waals surface area contributed by atoms with Gasteiger partial charge in [-0.2, -0.15) is 0 Å². The molecule has 1 aromatic carbocycles. The summed E-state index contributed by atoms with van der Waals surface area (Å²) in [5.41, 5.74) is -0.289. The SMILES string of the molecule is CCOC(=O)c1sc2cccc(F)c2c1COC(=O)c1c(C)oc2ncn(C)c(=O)c12. The number of esters is 2. The smallest absolute Gasteiger partial charge is 0.348 e. The van der Waals surface area contributed by atoms with E-state index in [2.05, 4.69) is 4.98 Å². The summed E-state index contributed by atoms with van der Waals surface area (Å²) in [4.78, 5) is 41.9. The molecule has 160 valence electrons. The van der Waals surface area contributed by atoms with Gasteiger partial charge in [0.15, 0.2) is 0 Å². The van der Waals surface area contributed by atoms with Crippen molar-refractivity contribution in [3.05, 3.63) is 62.5 Å². The summed E-state index contributed by atoms with van der Waals surface area (Å²) in [6, 6.07) is 4.46. The number of thiophene rings is 1. The summed E-state index contributed by atoms with van der Waals surface area (Å²) >= 11 is 1.06. The van der Waals surface area contributed by atoms with Gasteiger partial charge in [-0.05, 0) is 26.0 Å². The van der Waals surface area contributed by atoms with E-state index in [4.69, 9.17) is 13.9 Å². The van der Waals surface area contributed by atoms with Crippen LogP contribution >= 0.6 is 11.3 Å². The molecular formula is C21H17FN2O6S. The molecule has 0 N–H and O–H groups in total. The van der Waals surface area contributed by atoms with E-state index in [1.807, 2.05) is 0 Å². The van der Waals surface area contributed by atoms with Gasteiger partial charge in [-0.15, -0.1) is 11.3 Å². The van der Waals surface area contributed by atoms with Crippen LogP contribution in [-0.2, 0) is 23.1 Å². The molecule has 0 atom stereocenters. The third-order valence-corrected chi connectivity index (χ3v) is 5.90. The van der Waals surface area contributed by atoms with Crippen molar-refractivity contribution >= 4 is 44.5 Å². The first-order chi connectivity index (χ1) is 14.8. The van der Waals surface area contributed by atoms with Gasteiger partial charge in [-0.1, -0.05) is 6.07 Å². The number of hydrogen-bond donors (Lipinski definition) is 0. The second kappa shape index (κ2) is 7.95. The number of rotatable bonds is 5. The molecule has 0 saturated heterocycles.